The minimum Gasteiger partial charge on any atom is -0.338 e. The molecule has 0 atom stereocenters. The van der Waals surface area contributed by atoms with Crippen molar-refractivity contribution in [2.24, 2.45) is 0 Å². The number of aromatic amines is 2. The first kappa shape index (κ1) is 22.3. The second kappa shape index (κ2) is 9.05. The Hall–Kier alpha value is -3.48. The number of thioether (sulfide) groups is 1. The molecule has 10 nitrogen and oxygen atoms in total. The molecule has 0 saturated carbocycles. The summed E-state index contributed by atoms with van der Waals surface area (Å²) in [5, 5.41) is 12.5. The number of carbonyl (C=O) groups is 1. The van der Waals surface area contributed by atoms with Crippen LogP contribution in [0.4, 0.5) is 5.82 Å². The van der Waals surface area contributed by atoms with Crippen LogP contribution in [0.3, 0.4) is 0 Å². The lowest BCUT2D eigenvalue weighted by molar-refractivity contribution is -0.113. The van der Waals surface area contributed by atoms with Crippen LogP contribution in [0.1, 0.15) is 0 Å². The highest BCUT2D eigenvalue weighted by atomic mass is 79.9. The molecule has 0 radical (unpaired) electrons. The predicted octanol–water partition coefficient (Wildman–Crippen LogP) is 3.49. The summed E-state index contributed by atoms with van der Waals surface area (Å²) in [5.41, 5.74) is 1.08. The topological polar surface area (TPSA) is 138 Å². The number of benzene rings is 2. The van der Waals surface area contributed by atoms with Gasteiger partial charge in [0, 0.05) is 26.5 Å². The van der Waals surface area contributed by atoms with Crippen LogP contribution in [0.25, 0.3) is 27.8 Å². The molecule has 2 aromatic carbocycles. The Balaban J connectivity index is 1.37. The van der Waals surface area contributed by atoms with Crippen LogP contribution >= 0.6 is 39.3 Å². The summed E-state index contributed by atoms with van der Waals surface area (Å²) < 4.78 is 2.07. The highest BCUT2D eigenvalue weighted by molar-refractivity contribution is 9.10. The van der Waals surface area contributed by atoms with E-state index >= 15 is 0 Å². The number of carbonyl (C=O) groups excluding carboxylic acids is 1. The SMILES string of the molecule is O=C(CSc1nnc2c(n1)[nH]c1ccc(Br)cc12)Nc1cc(=O)[nH]c(=O)n1-c1cccc(Cl)c1. The molecule has 0 fully saturated rings. The number of halogens is 2. The van der Waals surface area contributed by atoms with E-state index in [9.17, 15) is 14.4 Å². The van der Waals surface area contributed by atoms with Gasteiger partial charge in [0.1, 0.15) is 11.3 Å². The van der Waals surface area contributed by atoms with Crippen LogP contribution in [-0.2, 0) is 4.79 Å². The number of H-pyrrole nitrogens is 2. The van der Waals surface area contributed by atoms with Crippen LogP contribution in [0, 0.1) is 0 Å². The van der Waals surface area contributed by atoms with Crippen molar-refractivity contribution < 1.29 is 4.79 Å². The van der Waals surface area contributed by atoms with Gasteiger partial charge in [-0.3, -0.25) is 14.6 Å². The summed E-state index contributed by atoms with van der Waals surface area (Å²) in [5.74, 6) is -0.525. The third-order valence-corrected chi connectivity index (χ3v) is 6.33. The molecule has 0 aliphatic heterocycles. The second-order valence-electron chi connectivity index (χ2n) is 7.08. The van der Waals surface area contributed by atoms with E-state index in [0.717, 1.165) is 37.8 Å². The molecule has 5 rings (SSSR count). The molecular formula is C21H13BrClN7O3S. The molecule has 1 amide bonds. The molecule has 0 unspecified atom stereocenters. The minimum absolute atomic E-state index is 0.0114. The maximum absolute atomic E-state index is 12.6. The van der Waals surface area contributed by atoms with Gasteiger partial charge in [-0.2, -0.15) is 0 Å². The molecule has 0 spiro atoms. The van der Waals surface area contributed by atoms with Gasteiger partial charge in [-0.05, 0) is 36.4 Å². The third-order valence-electron chi connectivity index (χ3n) is 4.77. The van der Waals surface area contributed by atoms with Gasteiger partial charge in [0.25, 0.3) is 5.56 Å². The smallest absolute Gasteiger partial charge is 0.334 e. The molecular weight excluding hydrogens is 546 g/mol. The largest absolute Gasteiger partial charge is 0.338 e. The average Bonchev–Trinajstić information content (AvgIpc) is 3.14. The molecule has 170 valence electrons. The summed E-state index contributed by atoms with van der Waals surface area (Å²) in [7, 11) is 0. The Morgan fingerprint density at radius 2 is 1.97 bits per heavy atom. The summed E-state index contributed by atoms with van der Waals surface area (Å²) in [6.45, 7) is 0. The van der Waals surface area contributed by atoms with Crippen molar-refractivity contribution in [2.45, 2.75) is 5.16 Å². The maximum atomic E-state index is 12.6. The first-order chi connectivity index (χ1) is 16.4. The van der Waals surface area contributed by atoms with Crippen molar-refractivity contribution in [1.82, 2.24) is 29.7 Å². The number of anilines is 1. The summed E-state index contributed by atoms with van der Waals surface area (Å²) in [6.07, 6.45) is 0. The normalized spacial score (nSPS) is 11.2. The molecule has 0 saturated heterocycles. The molecule has 0 aliphatic carbocycles. The van der Waals surface area contributed by atoms with Crippen LogP contribution in [0.5, 0.6) is 0 Å². The molecule has 3 aromatic heterocycles. The van der Waals surface area contributed by atoms with Crippen molar-refractivity contribution in [2.75, 3.05) is 11.1 Å². The molecule has 5 aromatic rings. The molecule has 3 N–H and O–H groups in total. The third kappa shape index (κ3) is 4.47. The number of hydrogen-bond acceptors (Lipinski definition) is 7. The van der Waals surface area contributed by atoms with Gasteiger partial charge in [-0.1, -0.05) is 45.4 Å². The Morgan fingerprint density at radius 3 is 2.79 bits per heavy atom. The maximum Gasteiger partial charge on any atom is 0.334 e. The number of fused-ring (bicyclic) bond motifs is 3. The van der Waals surface area contributed by atoms with Crippen LogP contribution in [-0.4, -0.2) is 41.4 Å². The molecule has 34 heavy (non-hydrogen) atoms. The predicted molar refractivity (Wildman–Crippen MR) is 134 cm³/mol. The fourth-order valence-corrected chi connectivity index (χ4v) is 4.49. The van der Waals surface area contributed by atoms with E-state index in [4.69, 9.17) is 11.6 Å². The van der Waals surface area contributed by atoms with E-state index < -0.39 is 17.2 Å². The Morgan fingerprint density at radius 1 is 1.12 bits per heavy atom. The standard InChI is InChI=1S/C21H13BrClN7O3S/c22-10-4-5-14-13(6-10)18-19(24-14)27-20(29-28-18)34-9-17(32)25-15-8-16(31)26-21(33)30(15)12-3-1-2-11(23)7-12/h1-8H,9H2,(H,25,32)(H,24,27,29)(H,26,31,33). The lowest BCUT2D eigenvalue weighted by Crippen LogP contribution is -2.32. The zero-order valence-corrected chi connectivity index (χ0v) is 20.2. The zero-order valence-electron chi connectivity index (χ0n) is 17.0. The van der Waals surface area contributed by atoms with Gasteiger partial charge in [-0.25, -0.2) is 14.3 Å². The van der Waals surface area contributed by atoms with Crippen molar-refractivity contribution in [3.8, 4) is 5.69 Å². The molecule has 0 bridgehead atoms. The number of aromatic nitrogens is 6. The van der Waals surface area contributed by atoms with Crippen LogP contribution in [0.2, 0.25) is 5.02 Å². The summed E-state index contributed by atoms with van der Waals surface area (Å²) in [6, 6.07) is 13.3. The second-order valence-corrected chi connectivity index (χ2v) is 9.38. The van der Waals surface area contributed by atoms with Crippen LogP contribution < -0.4 is 16.6 Å². The van der Waals surface area contributed by atoms with E-state index in [0.29, 0.717) is 27.0 Å². The first-order valence-corrected chi connectivity index (χ1v) is 11.9. The monoisotopic (exact) mass is 557 g/mol. The van der Waals surface area contributed by atoms with Crippen LogP contribution in [0.15, 0.2) is 67.7 Å². The summed E-state index contributed by atoms with van der Waals surface area (Å²) in [4.78, 5) is 46.7. The first-order valence-electron chi connectivity index (χ1n) is 9.74. The molecule has 3 heterocycles. The quantitative estimate of drug-likeness (QED) is 0.281. The summed E-state index contributed by atoms with van der Waals surface area (Å²) >= 11 is 10.5. The zero-order chi connectivity index (χ0) is 23.8. The Bertz CT molecular complexity index is 1700. The van der Waals surface area contributed by atoms with Gasteiger partial charge in [0.05, 0.1) is 11.4 Å². The lowest BCUT2D eigenvalue weighted by atomic mass is 10.2. The minimum atomic E-state index is -0.707. The fraction of sp³-hybridized carbons (Fsp3) is 0.0476. The Kier molecular flexibility index (Phi) is 5.94. The highest BCUT2D eigenvalue weighted by Crippen LogP contribution is 2.26. The number of nitrogens with one attached hydrogen (secondary N) is 3. The van der Waals surface area contributed by atoms with Crippen molar-refractivity contribution in [1.29, 1.82) is 0 Å². The van der Waals surface area contributed by atoms with Gasteiger partial charge >= 0.3 is 5.69 Å². The number of amides is 1. The van der Waals surface area contributed by atoms with Gasteiger partial charge in [-0.15, -0.1) is 10.2 Å². The van der Waals surface area contributed by atoms with Gasteiger partial charge < -0.3 is 10.3 Å². The Labute approximate surface area is 207 Å². The van der Waals surface area contributed by atoms with E-state index in [1.165, 1.54) is 0 Å². The van der Waals surface area contributed by atoms with Gasteiger partial charge in [0.2, 0.25) is 11.1 Å². The number of rotatable bonds is 5. The van der Waals surface area contributed by atoms with E-state index in [1.54, 1.807) is 24.3 Å². The molecule has 0 aliphatic rings. The van der Waals surface area contributed by atoms with Crippen molar-refractivity contribution >= 4 is 73.1 Å². The molecule has 13 heteroatoms. The number of hydrogen-bond donors (Lipinski definition) is 3. The fourth-order valence-electron chi connectivity index (χ4n) is 3.36. The number of nitrogens with zero attached hydrogens (tertiary/aromatic N) is 4. The van der Waals surface area contributed by atoms with Crippen molar-refractivity contribution in [3.63, 3.8) is 0 Å². The highest BCUT2D eigenvalue weighted by Gasteiger charge is 2.14. The van der Waals surface area contributed by atoms with Gasteiger partial charge in [0.15, 0.2) is 5.65 Å². The lowest BCUT2D eigenvalue weighted by Gasteiger charge is -2.13. The van der Waals surface area contributed by atoms with E-state index in [2.05, 4.69) is 46.4 Å². The van der Waals surface area contributed by atoms with E-state index in [1.807, 2.05) is 18.2 Å². The van der Waals surface area contributed by atoms with E-state index in [-0.39, 0.29) is 11.6 Å². The van der Waals surface area contributed by atoms with Crippen molar-refractivity contribution in [3.05, 3.63) is 78.9 Å². The average molecular weight is 559 g/mol.